The summed E-state index contributed by atoms with van der Waals surface area (Å²) < 4.78 is 6.59. The van der Waals surface area contributed by atoms with Crippen molar-refractivity contribution in [3.63, 3.8) is 0 Å². The van der Waals surface area contributed by atoms with Crippen LogP contribution in [0.1, 0.15) is 23.9 Å². The number of carbonyl (C=O) groups is 1. The van der Waals surface area contributed by atoms with Crippen molar-refractivity contribution in [2.24, 2.45) is 7.05 Å². The minimum absolute atomic E-state index is 0.319. The molecule has 4 heteroatoms. The lowest BCUT2D eigenvalue weighted by atomic mass is 10.2. The summed E-state index contributed by atoms with van der Waals surface area (Å²) in [5, 5.41) is 4.25. The quantitative estimate of drug-likeness (QED) is 0.560. The second kappa shape index (κ2) is 4.77. The summed E-state index contributed by atoms with van der Waals surface area (Å²) in [6, 6.07) is 0. The van der Waals surface area contributed by atoms with Gasteiger partial charge in [0, 0.05) is 24.4 Å². The molecule has 0 aromatic carbocycles. The average Bonchev–Trinajstić information content (AvgIpc) is 2.40. The molecule has 0 bridgehead atoms. The topological polar surface area (TPSA) is 44.1 Å². The predicted octanol–water partition coefficient (Wildman–Crippen LogP) is 1.61. The first-order valence-corrected chi connectivity index (χ1v) is 4.91. The van der Waals surface area contributed by atoms with Crippen molar-refractivity contribution >= 4 is 12.0 Å². The highest BCUT2D eigenvalue weighted by molar-refractivity contribution is 5.87. The number of hydrogen-bond donors (Lipinski definition) is 0. The third-order valence-electron chi connectivity index (χ3n) is 2.24. The smallest absolute Gasteiger partial charge is 0.330 e. The molecule has 0 atom stereocenters. The van der Waals surface area contributed by atoms with Crippen molar-refractivity contribution in [3.8, 4) is 0 Å². The number of carbonyl (C=O) groups excluding carboxylic acids is 1. The van der Waals surface area contributed by atoms with Gasteiger partial charge in [0.15, 0.2) is 0 Å². The maximum Gasteiger partial charge on any atom is 0.330 e. The van der Waals surface area contributed by atoms with Crippen molar-refractivity contribution in [3.05, 3.63) is 23.0 Å². The van der Waals surface area contributed by atoms with Crippen LogP contribution in [0.25, 0.3) is 6.08 Å². The van der Waals surface area contributed by atoms with Gasteiger partial charge in [0.2, 0.25) is 0 Å². The fourth-order valence-electron chi connectivity index (χ4n) is 1.37. The van der Waals surface area contributed by atoms with Gasteiger partial charge in [-0.15, -0.1) is 0 Å². The van der Waals surface area contributed by atoms with E-state index in [0.717, 1.165) is 17.0 Å². The van der Waals surface area contributed by atoms with Gasteiger partial charge in [-0.3, -0.25) is 4.68 Å². The van der Waals surface area contributed by atoms with E-state index in [-0.39, 0.29) is 5.97 Å². The maximum atomic E-state index is 11.1. The Hall–Kier alpha value is -1.58. The van der Waals surface area contributed by atoms with Crippen LogP contribution in [-0.4, -0.2) is 22.4 Å². The molecule has 0 N–H and O–H groups in total. The second-order valence-electron chi connectivity index (χ2n) is 3.29. The van der Waals surface area contributed by atoms with Crippen LogP contribution in [0.3, 0.4) is 0 Å². The molecule has 0 aliphatic rings. The Kier molecular flexibility index (Phi) is 3.66. The van der Waals surface area contributed by atoms with E-state index in [2.05, 4.69) is 5.10 Å². The number of rotatable bonds is 3. The van der Waals surface area contributed by atoms with Crippen molar-refractivity contribution in [2.75, 3.05) is 6.61 Å². The number of ether oxygens (including phenoxy) is 1. The highest BCUT2D eigenvalue weighted by Crippen LogP contribution is 2.13. The molecule has 0 aliphatic heterocycles. The van der Waals surface area contributed by atoms with Crippen LogP contribution >= 0.6 is 0 Å². The van der Waals surface area contributed by atoms with Gasteiger partial charge in [-0.2, -0.15) is 5.10 Å². The van der Waals surface area contributed by atoms with E-state index < -0.39 is 0 Å². The van der Waals surface area contributed by atoms with Crippen LogP contribution in [0, 0.1) is 13.8 Å². The van der Waals surface area contributed by atoms with Crippen LogP contribution in [0.15, 0.2) is 6.08 Å². The van der Waals surface area contributed by atoms with Crippen LogP contribution in [0.5, 0.6) is 0 Å². The second-order valence-corrected chi connectivity index (χ2v) is 3.29. The van der Waals surface area contributed by atoms with Gasteiger partial charge < -0.3 is 4.74 Å². The molecule has 0 spiro atoms. The van der Waals surface area contributed by atoms with Crippen LogP contribution < -0.4 is 0 Å². The van der Waals surface area contributed by atoms with Gasteiger partial charge in [0.25, 0.3) is 0 Å². The Morgan fingerprint density at radius 2 is 2.20 bits per heavy atom. The molecule has 1 rings (SSSR count). The van der Waals surface area contributed by atoms with E-state index in [1.54, 1.807) is 17.7 Å². The van der Waals surface area contributed by atoms with Gasteiger partial charge in [0.1, 0.15) is 0 Å². The molecule has 0 amide bonds. The number of aromatic nitrogens is 2. The zero-order valence-corrected chi connectivity index (χ0v) is 9.57. The third-order valence-corrected chi connectivity index (χ3v) is 2.24. The first kappa shape index (κ1) is 11.5. The zero-order chi connectivity index (χ0) is 11.4. The summed E-state index contributed by atoms with van der Waals surface area (Å²) in [5.41, 5.74) is 2.93. The lowest BCUT2D eigenvalue weighted by molar-refractivity contribution is -0.137. The van der Waals surface area contributed by atoms with E-state index in [1.165, 1.54) is 6.08 Å². The molecule has 82 valence electrons. The highest BCUT2D eigenvalue weighted by atomic mass is 16.5. The molecule has 4 nitrogen and oxygen atoms in total. The fraction of sp³-hybridized carbons (Fsp3) is 0.455. The average molecular weight is 208 g/mol. The summed E-state index contributed by atoms with van der Waals surface area (Å²) in [4.78, 5) is 11.1. The Bertz CT molecular complexity index is 392. The maximum absolute atomic E-state index is 11.1. The molecule has 1 aromatic rings. The van der Waals surface area contributed by atoms with Crippen LogP contribution in [0.2, 0.25) is 0 Å². The largest absolute Gasteiger partial charge is 0.463 e. The number of esters is 1. The van der Waals surface area contributed by atoms with Crippen LogP contribution in [0.4, 0.5) is 0 Å². The molecular weight excluding hydrogens is 192 g/mol. The summed E-state index contributed by atoms with van der Waals surface area (Å²) in [5.74, 6) is -0.319. The van der Waals surface area contributed by atoms with Crippen molar-refractivity contribution in [1.82, 2.24) is 9.78 Å². The van der Waals surface area contributed by atoms with Gasteiger partial charge in [-0.05, 0) is 26.8 Å². The van der Waals surface area contributed by atoms with E-state index in [4.69, 9.17) is 4.74 Å². The van der Waals surface area contributed by atoms with E-state index in [1.807, 2.05) is 20.9 Å². The van der Waals surface area contributed by atoms with E-state index in [9.17, 15) is 4.79 Å². The molecule has 0 radical (unpaired) electrons. The SMILES string of the molecule is CCOC(=O)C=Cc1c(C)nn(C)c1C. The number of hydrogen-bond acceptors (Lipinski definition) is 3. The standard InChI is InChI=1S/C11H16N2O2/c1-5-15-11(14)7-6-10-8(2)12-13(4)9(10)3/h6-7H,5H2,1-4H3. The molecule has 0 saturated heterocycles. The van der Waals surface area contributed by atoms with Gasteiger partial charge in [-0.25, -0.2) is 4.79 Å². The summed E-state index contributed by atoms with van der Waals surface area (Å²) in [6.07, 6.45) is 3.18. The Labute approximate surface area is 89.5 Å². The molecule has 1 aromatic heterocycles. The zero-order valence-electron chi connectivity index (χ0n) is 9.57. The molecule has 0 fully saturated rings. The molecule has 0 aliphatic carbocycles. The van der Waals surface area contributed by atoms with Crippen molar-refractivity contribution < 1.29 is 9.53 Å². The molecule has 15 heavy (non-hydrogen) atoms. The molecular formula is C11H16N2O2. The highest BCUT2D eigenvalue weighted by Gasteiger charge is 2.06. The van der Waals surface area contributed by atoms with Gasteiger partial charge >= 0.3 is 5.97 Å². The molecule has 0 saturated carbocycles. The minimum atomic E-state index is -0.319. The Morgan fingerprint density at radius 1 is 1.53 bits per heavy atom. The molecule has 0 unspecified atom stereocenters. The van der Waals surface area contributed by atoms with Crippen molar-refractivity contribution in [2.45, 2.75) is 20.8 Å². The van der Waals surface area contributed by atoms with Gasteiger partial charge in [0.05, 0.1) is 12.3 Å². The lowest BCUT2D eigenvalue weighted by Crippen LogP contribution is -1.98. The van der Waals surface area contributed by atoms with Crippen LogP contribution in [-0.2, 0) is 16.6 Å². The number of nitrogens with zero attached hydrogens (tertiary/aromatic N) is 2. The summed E-state index contributed by atoms with van der Waals surface area (Å²) in [7, 11) is 1.88. The first-order valence-electron chi connectivity index (χ1n) is 4.91. The van der Waals surface area contributed by atoms with Gasteiger partial charge in [-0.1, -0.05) is 0 Å². The van der Waals surface area contributed by atoms with Crippen molar-refractivity contribution in [1.29, 1.82) is 0 Å². The van der Waals surface area contributed by atoms with E-state index in [0.29, 0.717) is 6.61 Å². The number of aryl methyl sites for hydroxylation is 2. The Balaban J connectivity index is 2.84. The normalized spacial score (nSPS) is 10.9. The molecule has 1 heterocycles. The fourth-order valence-corrected chi connectivity index (χ4v) is 1.37. The predicted molar refractivity (Wildman–Crippen MR) is 58.3 cm³/mol. The third kappa shape index (κ3) is 2.68. The summed E-state index contributed by atoms with van der Waals surface area (Å²) >= 11 is 0. The lowest BCUT2D eigenvalue weighted by Gasteiger charge is -1.96. The minimum Gasteiger partial charge on any atom is -0.463 e. The first-order chi connectivity index (χ1) is 7.06. The Morgan fingerprint density at radius 3 is 2.67 bits per heavy atom. The van der Waals surface area contributed by atoms with E-state index >= 15 is 0 Å². The summed E-state index contributed by atoms with van der Waals surface area (Å²) in [6.45, 7) is 6.06. The monoisotopic (exact) mass is 208 g/mol.